The predicted molar refractivity (Wildman–Crippen MR) is 103 cm³/mol. The highest BCUT2D eigenvalue weighted by Gasteiger charge is 2.32. The summed E-state index contributed by atoms with van der Waals surface area (Å²) in [6, 6.07) is 10.4. The van der Waals surface area contributed by atoms with Gasteiger partial charge < -0.3 is 5.32 Å². The van der Waals surface area contributed by atoms with Crippen LogP contribution in [0.25, 0.3) is 11.4 Å². The Morgan fingerprint density at radius 3 is 2.55 bits per heavy atom. The van der Waals surface area contributed by atoms with E-state index >= 15 is 0 Å². The van der Waals surface area contributed by atoms with Crippen LogP contribution in [0.3, 0.4) is 0 Å². The van der Waals surface area contributed by atoms with Crippen molar-refractivity contribution in [1.82, 2.24) is 19.7 Å². The van der Waals surface area contributed by atoms with Gasteiger partial charge >= 0.3 is 11.9 Å². The van der Waals surface area contributed by atoms with Crippen molar-refractivity contribution < 1.29 is 22.4 Å². The Bertz CT molecular complexity index is 1180. The van der Waals surface area contributed by atoms with Crippen LogP contribution >= 0.6 is 0 Å². The predicted octanol–water partition coefficient (Wildman–Crippen LogP) is 3.52. The van der Waals surface area contributed by atoms with Crippen molar-refractivity contribution in [2.45, 2.75) is 38.1 Å². The Balaban J connectivity index is 1.51. The van der Waals surface area contributed by atoms with E-state index in [4.69, 9.17) is 0 Å². The third-order valence-electron chi connectivity index (χ3n) is 4.93. The van der Waals surface area contributed by atoms with Crippen LogP contribution in [0.15, 0.2) is 53.3 Å². The van der Waals surface area contributed by atoms with E-state index in [9.17, 15) is 27.2 Å². The summed E-state index contributed by atoms with van der Waals surface area (Å²) in [6.45, 7) is -0.569. The number of carbonyl (C=O) groups is 1. The van der Waals surface area contributed by atoms with Crippen LogP contribution in [-0.4, -0.2) is 20.3 Å². The maximum atomic E-state index is 14.2. The van der Waals surface area contributed by atoms with E-state index in [1.165, 1.54) is 34.9 Å². The quantitative estimate of drug-likeness (QED) is 0.604. The smallest absolute Gasteiger partial charge is 0.350 e. The average Bonchev–Trinajstić information content (AvgIpc) is 3.51. The van der Waals surface area contributed by atoms with Gasteiger partial charge in [0.1, 0.15) is 12.4 Å². The topological polar surface area (TPSA) is 68.9 Å². The molecule has 0 aliphatic heterocycles. The molecule has 0 unspecified atom stereocenters. The van der Waals surface area contributed by atoms with Crippen molar-refractivity contribution in [3.8, 4) is 11.4 Å². The molecule has 1 fully saturated rings. The average molecular weight is 434 g/mol. The lowest BCUT2D eigenvalue weighted by molar-refractivity contribution is -0.137. The Morgan fingerprint density at radius 1 is 1.13 bits per heavy atom. The van der Waals surface area contributed by atoms with Crippen molar-refractivity contribution in [2.24, 2.45) is 0 Å². The van der Waals surface area contributed by atoms with E-state index < -0.39 is 35.7 Å². The molecule has 1 N–H and O–H groups in total. The lowest BCUT2D eigenvalue weighted by Crippen LogP contribution is -2.33. The zero-order valence-corrected chi connectivity index (χ0v) is 16.2. The van der Waals surface area contributed by atoms with Crippen molar-refractivity contribution in [3.05, 3.63) is 76.0 Å². The van der Waals surface area contributed by atoms with Gasteiger partial charge in [-0.05, 0) is 42.7 Å². The van der Waals surface area contributed by atoms with Crippen LogP contribution < -0.4 is 11.0 Å². The zero-order valence-electron chi connectivity index (χ0n) is 16.2. The third-order valence-corrected chi connectivity index (χ3v) is 4.93. The van der Waals surface area contributed by atoms with Gasteiger partial charge in [-0.25, -0.2) is 13.9 Å². The number of rotatable bonds is 6. The van der Waals surface area contributed by atoms with Crippen LogP contribution in [0.1, 0.15) is 30.0 Å². The molecule has 162 valence electrons. The number of nitrogens with zero attached hydrogens (tertiary/aromatic N) is 3. The SMILES string of the molecule is O=C(Cn1nc(-c2ccccc2F)n(C2CC2)c1=O)NCc1cccc(C(F)(F)F)c1. The van der Waals surface area contributed by atoms with Crippen LogP contribution in [0.5, 0.6) is 0 Å². The number of aromatic nitrogens is 3. The second kappa shape index (κ2) is 8.01. The molecule has 6 nitrogen and oxygen atoms in total. The van der Waals surface area contributed by atoms with E-state index in [1.54, 1.807) is 6.07 Å². The maximum absolute atomic E-state index is 14.2. The molecular weight excluding hydrogens is 416 g/mol. The molecule has 31 heavy (non-hydrogen) atoms. The summed E-state index contributed by atoms with van der Waals surface area (Å²) < 4.78 is 55.0. The Morgan fingerprint density at radius 2 is 1.87 bits per heavy atom. The molecule has 1 aromatic heterocycles. The molecule has 0 atom stereocenters. The number of benzene rings is 2. The van der Waals surface area contributed by atoms with Gasteiger partial charge in [0.15, 0.2) is 5.82 Å². The number of halogens is 4. The first-order valence-electron chi connectivity index (χ1n) is 9.61. The largest absolute Gasteiger partial charge is 0.416 e. The summed E-state index contributed by atoms with van der Waals surface area (Å²) >= 11 is 0. The molecular formula is C21H18F4N4O2. The summed E-state index contributed by atoms with van der Waals surface area (Å²) in [6.07, 6.45) is -2.96. The minimum Gasteiger partial charge on any atom is -0.350 e. The Hall–Kier alpha value is -3.43. The summed E-state index contributed by atoms with van der Waals surface area (Å²) in [5.74, 6) is -0.980. The third kappa shape index (κ3) is 4.52. The van der Waals surface area contributed by atoms with E-state index in [0.29, 0.717) is 0 Å². The molecule has 1 amide bonds. The van der Waals surface area contributed by atoms with Gasteiger partial charge in [0, 0.05) is 12.6 Å². The highest BCUT2D eigenvalue weighted by atomic mass is 19.4. The minimum atomic E-state index is -4.48. The maximum Gasteiger partial charge on any atom is 0.416 e. The number of alkyl halides is 3. The molecule has 0 radical (unpaired) electrons. The number of hydrogen-bond acceptors (Lipinski definition) is 3. The van der Waals surface area contributed by atoms with E-state index in [-0.39, 0.29) is 29.5 Å². The summed E-state index contributed by atoms with van der Waals surface area (Å²) in [7, 11) is 0. The standard InChI is InChI=1S/C21H18F4N4O2/c22-17-7-2-1-6-16(17)19-27-28(20(31)29(19)15-8-9-15)12-18(30)26-11-13-4-3-5-14(10-13)21(23,24)25/h1-7,10,15H,8-9,11-12H2,(H,26,30). The monoisotopic (exact) mass is 434 g/mol. The molecule has 4 rings (SSSR count). The zero-order chi connectivity index (χ0) is 22.2. The summed E-state index contributed by atoms with van der Waals surface area (Å²) in [5, 5.41) is 6.65. The lowest BCUT2D eigenvalue weighted by atomic mass is 10.1. The van der Waals surface area contributed by atoms with E-state index in [1.807, 2.05) is 0 Å². The second-order valence-corrected chi connectivity index (χ2v) is 7.32. The van der Waals surface area contributed by atoms with Gasteiger partial charge in [-0.15, -0.1) is 5.10 Å². The number of carbonyl (C=O) groups excluding carboxylic acids is 1. The fourth-order valence-corrected chi connectivity index (χ4v) is 3.26. The molecule has 2 aromatic carbocycles. The van der Waals surface area contributed by atoms with Crippen molar-refractivity contribution in [1.29, 1.82) is 0 Å². The van der Waals surface area contributed by atoms with Gasteiger partial charge in [0.05, 0.1) is 11.1 Å². The van der Waals surface area contributed by atoms with Crippen molar-refractivity contribution in [2.75, 3.05) is 0 Å². The van der Waals surface area contributed by atoms with E-state index in [0.717, 1.165) is 29.7 Å². The first-order valence-corrected chi connectivity index (χ1v) is 9.61. The van der Waals surface area contributed by atoms with Gasteiger partial charge in [0.25, 0.3) is 0 Å². The molecule has 0 saturated heterocycles. The van der Waals surface area contributed by atoms with Gasteiger partial charge in [-0.1, -0.05) is 24.3 Å². The van der Waals surface area contributed by atoms with Crippen molar-refractivity contribution in [3.63, 3.8) is 0 Å². The molecule has 10 heteroatoms. The van der Waals surface area contributed by atoms with Gasteiger partial charge in [0.2, 0.25) is 5.91 Å². The van der Waals surface area contributed by atoms with Crippen LogP contribution in [0, 0.1) is 5.82 Å². The normalized spacial score (nSPS) is 13.9. The van der Waals surface area contributed by atoms with Crippen LogP contribution in [0.2, 0.25) is 0 Å². The Kier molecular flexibility index (Phi) is 5.38. The van der Waals surface area contributed by atoms with Gasteiger partial charge in [-0.3, -0.25) is 9.36 Å². The first kappa shape index (κ1) is 20.8. The highest BCUT2D eigenvalue weighted by molar-refractivity contribution is 5.75. The Labute approximate surface area is 174 Å². The molecule has 1 saturated carbocycles. The molecule has 1 aliphatic rings. The first-order chi connectivity index (χ1) is 14.7. The van der Waals surface area contributed by atoms with Crippen LogP contribution in [-0.2, 0) is 24.1 Å². The fourth-order valence-electron chi connectivity index (χ4n) is 3.26. The summed E-state index contributed by atoms with van der Waals surface area (Å²) in [5.41, 5.74) is -0.913. The molecule has 3 aromatic rings. The summed E-state index contributed by atoms with van der Waals surface area (Å²) in [4.78, 5) is 25.1. The molecule has 1 aliphatic carbocycles. The van der Waals surface area contributed by atoms with E-state index in [2.05, 4.69) is 10.4 Å². The second-order valence-electron chi connectivity index (χ2n) is 7.32. The molecule has 0 bridgehead atoms. The fraction of sp³-hybridized carbons (Fsp3) is 0.286. The number of amides is 1. The van der Waals surface area contributed by atoms with Crippen molar-refractivity contribution >= 4 is 5.91 Å². The number of nitrogens with one attached hydrogen (secondary N) is 1. The lowest BCUT2D eigenvalue weighted by Gasteiger charge is -2.09. The minimum absolute atomic E-state index is 0.0935. The highest BCUT2D eigenvalue weighted by Crippen LogP contribution is 2.37. The van der Waals surface area contributed by atoms with Crippen LogP contribution in [0.4, 0.5) is 17.6 Å². The van der Waals surface area contributed by atoms with Gasteiger partial charge in [-0.2, -0.15) is 13.2 Å². The molecule has 0 spiro atoms. The number of hydrogen-bond donors (Lipinski definition) is 1. The molecule has 1 heterocycles.